The second-order valence-electron chi connectivity index (χ2n) is 6.40. The Bertz CT molecular complexity index is 805. The first kappa shape index (κ1) is 18.7. The lowest BCUT2D eigenvalue weighted by molar-refractivity contribution is -0.137. The van der Waals surface area contributed by atoms with E-state index in [1.54, 1.807) is 24.3 Å². The van der Waals surface area contributed by atoms with Crippen molar-refractivity contribution in [2.75, 3.05) is 18.9 Å². The van der Waals surface area contributed by atoms with E-state index in [9.17, 15) is 18.0 Å². The first-order valence-corrected chi connectivity index (χ1v) is 8.62. The number of likely N-dealkylation sites (N-methyl/N-ethyl adjacent to an activating group) is 1. The van der Waals surface area contributed by atoms with Crippen LogP contribution in [0.15, 0.2) is 42.5 Å². The van der Waals surface area contributed by atoms with E-state index < -0.39 is 11.7 Å². The van der Waals surface area contributed by atoms with Crippen molar-refractivity contribution < 1.29 is 18.0 Å². The van der Waals surface area contributed by atoms with Crippen LogP contribution in [0, 0.1) is 0 Å². The van der Waals surface area contributed by atoms with Gasteiger partial charge in [-0.05, 0) is 62.3 Å². The summed E-state index contributed by atoms with van der Waals surface area (Å²) in [5, 5.41) is 3.09. The number of halogens is 4. The molecule has 3 rings (SSSR count). The number of carbonyl (C=O) groups excluding carboxylic acids is 1. The Labute approximate surface area is 154 Å². The van der Waals surface area contributed by atoms with Gasteiger partial charge >= 0.3 is 6.18 Å². The summed E-state index contributed by atoms with van der Waals surface area (Å²) >= 11 is 6.06. The predicted octanol–water partition coefficient (Wildman–Crippen LogP) is 5.06. The molecule has 1 aliphatic heterocycles. The van der Waals surface area contributed by atoms with Crippen LogP contribution < -0.4 is 5.32 Å². The summed E-state index contributed by atoms with van der Waals surface area (Å²) in [7, 11) is 1.91. The normalized spacial score (nSPS) is 18.1. The zero-order chi connectivity index (χ0) is 18.9. The fourth-order valence-corrected chi connectivity index (χ4v) is 3.35. The van der Waals surface area contributed by atoms with Crippen molar-refractivity contribution in [2.45, 2.75) is 25.1 Å². The molecule has 1 fully saturated rings. The van der Waals surface area contributed by atoms with Crippen molar-refractivity contribution in [3.63, 3.8) is 0 Å². The van der Waals surface area contributed by atoms with Crippen LogP contribution in [0.4, 0.5) is 18.9 Å². The number of benzene rings is 2. The van der Waals surface area contributed by atoms with Crippen LogP contribution in [0.25, 0.3) is 11.1 Å². The highest BCUT2D eigenvalue weighted by Crippen LogP contribution is 2.36. The molecule has 1 heterocycles. The molecule has 2 aromatic carbocycles. The van der Waals surface area contributed by atoms with Gasteiger partial charge in [-0.3, -0.25) is 9.69 Å². The van der Waals surface area contributed by atoms with Gasteiger partial charge in [0.1, 0.15) is 0 Å². The van der Waals surface area contributed by atoms with Crippen LogP contribution in [0.5, 0.6) is 0 Å². The smallest absolute Gasteiger partial charge is 0.325 e. The molecule has 1 aliphatic rings. The topological polar surface area (TPSA) is 32.3 Å². The van der Waals surface area contributed by atoms with Crippen molar-refractivity contribution >= 4 is 23.2 Å². The Morgan fingerprint density at radius 1 is 1.19 bits per heavy atom. The van der Waals surface area contributed by atoms with Gasteiger partial charge in [0.25, 0.3) is 0 Å². The number of hydrogen-bond donors (Lipinski definition) is 1. The molecule has 1 saturated heterocycles. The molecule has 1 unspecified atom stereocenters. The fraction of sp³-hybridized carbons (Fsp3) is 0.316. The SMILES string of the molecule is CN1CCCC1C(=O)Nc1ccc(-c2cc(C(F)(F)F)ccc2Cl)cc1. The van der Waals surface area contributed by atoms with E-state index in [4.69, 9.17) is 11.6 Å². The maximum Gasteiger partial charge on any atom is 0.416 e. The molecule has 0 aromatic heterocycles. The molecule has 2 aromatic rings. The minimum atomic E-state index is -4.43. The van der Waals surface area contributed by atoms with E-state index in [-0.39, 0.29) is 17.0 Å². The van der Waals surface area contributed by atoms with E-state index in [1.807, 2.05) is 11.9 Å². The van der Waals surface area contributed by atoms with Crippen LogP contribution in [0.2, 0.25) is 5.02 Å². The molecule has 0 radical (unpaired) electrons. The summed E-state index contributed by atoms with van der Waals surface area (Å²) in [5.74, 6) is -0.0742. The molecular formula is C19H18ClF3N2O. The number of rotatable bonds is 3. The molecule has 1 amide bonds. The average Bonchev–Trinajstić information content (AvgIpc) is 3.01. The Hall–Kier alpha value is -2.05. The van der Waals surface area contributed by atoms with E-state index in [0.717, 1.165) is 31.5 Å². The Kier molecular flexibility index (Phi) is 5.25. The summed E-state index contributed by atoms with van der Waals surface area (Å²) < 4.78 is 38.7. The monoisotopic (exact) mass is 382 g/mol. The maximum atomic E-state index is 12.9. The van der Waals surface area contributed by atoms with E-state index in [1.165, 1.54) is 6.07 Å². The van der Waals surface area contributed by atoms with E-state index >= 15 is 0 Å². The second-order valence-corrected chi connectivity index (χ2v) is 6.80. The number of alkyl halides is 3. The van der Waals surface area contributed by atoms with Gasteiger partial charge in [0.05, 0.1) is 11.6 Å². The van der Waals surface area contributed by atoms with Crippen LogP contribution in [0.3, 0.4) is 0 Å². The van der Waals surface area contributed by atoms with Gasteiger partial charge < -0.3 is 5.32 Å². The van der Waals surface area contributed by atoms with Crippen molar-refractivity contribution in [3.05, 3.63) is 53.1 Å². The molecule has 7 heteroatoms. The van der Waals surface area contributed by atoms with Gasteiger partial charge in [-0.25, -0.2) is 0 Å². The van der Waals surface area contributed by atoms with E-state index in [0.29, 0.717) is 16.8 Å². The quantitative estimate of drug-likeness (QED) is 0.804. The largest absolute Gasteiger partial charge is 0.416 e. The summed E-state index contributed by atoms with van der Waals surface area (Å²) in [6.07, 6.45) is -2.62. The summed E-state index contributed by atoms with van der Waals surface area (Å²) in [6.45, 7) is 0.894. The Morgan fingerprint density at radius 3 is 2.46 bits per heavy atom. The van der Waals surface area contributed by atoms with Gasteiger partial charge in [-0.2, -0.15) is 13.2 Å². The molecule has 1 atom stereocenters. The maximum absolute atomic E-state index is 12.9. The summed E-state index contributed by atoms with van der Waals surface area (Å²) in [4.78, 5) is 14.3. The molecular weight excluding hydrogens is 365 g/mol. The summed E-state index contributed by atoms with van der Waals surface area (Å²) in [5.41, 5.74) is 0.702. The van der Waals surface area contributed by atoms with Gasteiger partial charge in [-0.15, -0.1) is 0 Å². The van der Waals surface area contributed by atoms with Crippen molar-refractivity contribution in [3.8, 4) is 11.1 Å². The highest BCUT2D eigenvalue weighted by atomic mass is 35.5. The zero-order valence-electron chi connectivity index (χ0n) is 14.1. The minimum absolute atomic E-state index is 0.0742. The van der Waals surface area contributed by atoms with Crippen LogP contribution in [0.1, 0.15) is 18.4 Å². The third-order valence-electron chi connectivity index (χ3n) is 4.58. The number of carbonyl (C=O) groups is 1. The molecule has 26 heavy (non-hydrogen) atoms. The van der Waals surface area contributed by atoms with Crippen molar-refractivity contribution in [1.82, 2.24) is 4.90 Å². The number of nitrogens with one attached hydrogen (secondary N) is 1. The number of hydrogen-bond acceptors (Lipinski definition) is 2. The Balaban J connectivity index is 1.79. The number of nitrogens with zero attached hydrogens (tertiary/aromatic N) is 1. The zero-order valence-corrected chi connectivity index (χ0v) is 14.9. The van der Waals surface area contributed by atoms with Crippen molar-refractivity contribution in [1.29, 1.82) is 0 Å². The van der Waals surface area contributed by atoms with Gasteiger partial charge in [0, 0.05) is 16.3 Å². The lowest BCUT2D eigenvalue weighted by Gasteiger charge is -2.18. The first-order valence-electron chi connectivity index (χ1n) is 8.24. The number of likely N-dealkylation sites (tertiary alicyclic amines) is 1. The molecule has 3 nitrogen and oxygen atoms in total. The van der Waals surface area contributed by atoms with Gasteiger partial charge in [0.15, 0.2) is 0 Å². The van der Waals surface area contributed by atoms with Crippen molar-refractivity contribution in [2.24, 2.45) is 0 Å². The minimum Gasteiger partial charge on any atom is -0.325 e. The third-order valence-corrected chi connectivity index (χ3v) is 4.91. The molecule has 0 bridgehead atoms. The molecule has 0 spiro atoms. The molecule has 0 aliphatic carbocycles. The molecule has 138 valence electrons. The second kappa shape index (κ2) is 7.29. The molecule has 1 N–H and O–H groups in total. The van der Waals surface area contributed by atoms with Gasteiger partial charge in [0.2, 0.25) is 5.91 Å². The van der Waals surface area contributed by atoms with Crippen LogP contribution in [-0.2, 0) is 11.0 Å². The van der Waals surface area contributed by atoms with E-state index in [2.05, 4.69) is 5.32 Å². The molecule has 0 saturated carbocycles. The average molecular weight is 383 g/mol. The predicted molar refractivity (Wildman–Crippen MR) is 96.2 cm³/mol. The lowest BCUT2D eigenvalue weighted by Crippen LogP contribution is -2.37. The highest BCUT2D eigenvalue weighted by molar-refractivity contribution is 6.33. The standard InChI is InChI=1S/C19H18ClF3N2O/c1-25-10-2-3-17(25)18(26)24-14-7-4-12(5-8-14)15-11-13(19(21,22)23)6-9-16(15)20/h4-9,11,17H,2-3,10H2,1H3,(H,24,26). The third kappa shape index (κ3) is 4.02. The van der Waals surface area contributed by atoms with Crippen LogP contribution in [-0.4, -0.2) is 30.4 Å². The lowest BCUT2D eigenvalue weighted by atomic mass is 10.0. The summed E-state index contributed by atoms with van der Waals surface area (Å²) in [6, 6.07) is 9.71. The number of amides is 1. The van der Waals surface area contributed by atoms with Gasteiger partial charge in [-0.1, -0.05) is 23.7 Å². The number of anilines is 1. The Morgan fingerprint density at radius 2 is 1.88 bits per heavy atom. The highest BCUT2D eigenvalue weighted by Gasteiger charge is 2.31. The first-order chi connectivity index (χ1) is 12.3. The van der Waals surface area contributed by atoms with Crippen LogP contribution >= 0.6 is 11.6 Å². The fourth-order valence-electron chi connectivity index (χ4n) is 3.12.